The van der Waals surface area contributed by atoms with E-state index in [-0.39, 0.29) is 116 Å². The van der Waals surface area contributed by atoms with E-state index in [0.717, 1.165) is 39.6 Å². The number of ketones is 2. The maximum Gasteiger partial charge on any atom is 0.331 e. The number of carboxylic acid groups (broad SMARTS) is 4. The molecule has 1 saturated heterocycles. The molecule has 15 rings (SSSR count). The maximum atomic E-state index is 11.0. The Kier molecular flexibility index (Phi) is 35.7. The third kappa shape index (κ3) is 29.0. The normalized spacial score (nSPS) is 14.3. The van der Waals surface area contributed by atoms with Crippen LogP contribution in [0.3, 0.4) is 0 Å². The van der Waals surface area contributed by atoms with Crippen LogP contribution in [-0.2, 0) is 67.3 Å². The molecule has 0 aromatic heterocycles. The first-order chi connectivity index (χ1) is 58.1. The molecule has 10 aromatic carbocycles. The van der Waals surface area contributed by atoms with Crippen molar-refractivity contribution in [2.75, 3.05) is 39.0 Å². The highest BCUT2D eigenvalue weighted by Crippen LogP contribution is 2.39. The van der Waals surface area contributed by atoms with Gasteiger partial charge >= 0.3 is 23.9 Å². The topological polar surface area (TPSA) is 673 Å². The van der Waals surface area contributed by atoms with Gasteiger partial charge in [0.2, 0.25) is 11.6 Å². The fraction of sp³-hybridized carbons (Fsp3) is 0.182. The van der Waals surface area contributed by atoms with E-state index in [2.05, 4.69) is 10.6 Å². The summed E-state index contributed by atoms with van der Waals surface area (Å²) in [4.78, 5) is 65.9. The summed E-state index contributed by atoms with van der Waals surface area (Å²) in [5, 5.41) is 215. The molecule has 31 N–H and O–H groups in total. The van der Waals surface area contributed by atoms with Crippen LogP contribution >= 0.6 is 0 Å². The molecule has 0 spiro atoms. The van der Waals surface area contributed by atoms with Crippen molar-refractivity contribution in [2.24, 2.45) is 17.2 Å². The summed E-state index contributed by atoms with van der Waals surface area (Å²) in [7, 11) is 3.50. The number of phenolic OH excluding ortho intramolecular Hbond substituents is 17. The molecule has 2 unspecified atom stereocenters. The largest absolute Gasteiger partial charge is 0.508 e. The minimum atomic E-state index is -1.10. The first-order valence-corrected chi connectivity index (χ1v) is 36.9. The predicted molar refractivity (Wildman–Crippen MR) is 450 cm³/mol. The Hall–Kier alpha value is -15.4. The number of para-hydroxylation sites is 2. The number of allylic oxidation sites excluding steroid dienone is 3. The smallest absolute Gasteiger partial charge is 0.331 e. The summed E-state index contributed by atoms with van der Waals surface area (Å²) in [6, 6.07) is 41.9. The first-order valence-electron chi connectivity index (χ1n) is 36.9. The highest BCUT2D eigenvalue weighted by molar-refractivity contribution is 6.47. The van der Waals surface area contributed by atoms with Gasteiger partial charge in [-0.15, -0.1) is 0 Å². The van der Waals surface area contributed by atoms with E-state index < -0.39 is 65.8 Å². The summed E-state index contributed by atoms with van der Waals surface area (Å²) in [6.45, 7) is 1.40. The van der Waals surface area contributed by atoms with Crippen molar-refractivity contribution < 1.29 is 146 Å². The molecule has 0 radical (unpaired) electrons. The van der Waals surface area contributed by atoms with Gasteiger partial charge in [-0.1, -0.05) is 78.9 Å². The van der Waals surface area contributed by atoms with Crippen molar-refractivity contribution in [3.05, 3.63) is 261 Å². The Morgan fingerprint density at radius 1 is 0.496 bits per heavy atom. The number of phenols is 17. The van der Waals surface area contributed by atoms with Crippen molar-refractivity contribution in [2.45, 2.75) is 68.9 Å². The third-order valence-electron chi connectivity index (χ3n) is 18.2. The van der Waals surface area contributed by atoms with Crippen LogP contribution in [0, 0.1) is 0 Å². The van der Waals surface area contributed by atoms with Gasteiger partial charge in [0.1, 0.15) is 35.4 Å². The van der Waals surface area contributed by atoms with Crippen molar-refractivity contribution in [1.29, 1.82) is 0 Å². The SMILES string of the molecule is CN1CC(O)C2=CC(=O)C(=O)C=C21.CNCC(O)c1ccc(O)c(O)c1.NCCc1ccc(O)c(O)c1.N[C@@H](Cc1ccc(O)c(O)c1)C(=O)O.N[C@@H](Cc1ccc(O)cc1)C(=O)O.O=C(O)C1=Cc2cc(O)c(O)cc2C1.O=C(O)[C@@H]1Cc2cc(O)c(O)cc2N1.Oc1cc2c(cc1O)CC=C2.Oc1cccc2cccc(O)c12.Oc1ccccc1O. The Morgan fingerprint density at radius 3 is 1.46 bits per heavy atom. The monoisotopic (exact) mass is 1700 g/mol. The molecule has 650 valence electrons. The fourth-order valence-electron chi connectivity index (χ4n) is 11.7. The molecule has 35 nitrogen and oxygen atoms in total. The van der Waals surface area contributed by atoms with Crippen molar-refractivity contribution in [1.82, 2.24) is 10.2 Å². The molecule has 10 aromatic rings. The maximum absolute atomic E-state index is 11.0. The number of hydrogen-bond acceptors (Lipinski definition) is 31. The number of carboxylic acids is 4. The number of aliphatic hydroxyl groups is 2. The molecule has 0 saturated carbocycles. The lowest BCUT2D eigenvalue weighted by atomic mass is 10.0. The zero-order valence-corrected chi connectivity index (χ0v) is 65.8. The highest BCUT2D eigenvalue weighted by atomic mass is 16.4. The standard InChI is InChI=1S/C10H8O4.C10H8O2.C9H9NO4.C9H11NO4.C9H9NO3.C9H13NO3.C9H11NO3.C9H8O2.C8H11NO2.C6H6O2/c11-8-3-5-1-7(10(13)14)2-6(5)4-9(8)12;11-8-5-1-3-7-4-2-6-9(12)10(7)8;11-7-2-4-1-6(9(13)14)10-5(4)3-8(7)12;10-6(9(13)14)3-5-1-2-7(11)8(12)4-5;1-10-4-9(13)5-2-7(11)8(12)3-6(5)10;1-10-5-9(13)6-2-3-7(11)8(12)4-6;10-8(9(12)13)5-6-1-3-7(11)4-2-6;10-8-4-6-2-1-3-7(6)5-9(8)11;9-4-3-6-1-2-7(10)8(11)5-6;7-5-3-1-2-4-6(5)8/h1,3-4,11-12H,2H2,(H,13,14);1-6,11-12H;2-3,6,10-12H,1H2,(H,13,14);1-2,4,6,11-12H,3,10H2,(H,13,14);2-3,9,13H,4H2,1H3;2-4,9-13H,5H2,1H3;1-4,8,11H,5,10H2,(H,12,13);1-2,4-5,10-11H,3H2;1-2,5,10-11H,3-4,9H2;1-4,7-8H/t;;2*6-;;;8-;;;/m..00..0.../s1. The number of likely N-dealkylation sites (tertiary alicyclic amines) is 1. The second kappa shape index (κ2) is 45.5. The van der Waals surface area contributed by atoms with Gasteiger partial charge in [0.25, 0.3) is 0 Å². The molecule has 5 atom stereocenters. The lowest BCUT2D eigenvalue weighted by Gasteiger charge is -2.13. The number of rotatable bonds is 13. The second-order valence-corrected chi connectivity index (χ2v) is 27.4. The predicted octanol–water partition coefficient (Wildman–Crippen LogP) is 7.26. The van der Waals surface area contributed by atoms with E-state index >= 15 is 0 Å². The van der Waals surface area contributed by atoms with Crippen LogP contribution in [0.4, 0.5) is 5.69 Å². The number of nitrogens with one attached hydrogen (secondary N) is 2. The number of nitrogens with zero attached hydrogens (tertiary/aromatic N) is 1. The molecule has 2 aliphatic heterocycles. The second-order valence-electron chi connectivity index (χ2n) is 27.4. The van der Waals surface area contributed by atoms with Crippen LogP contribution in [0.1, 0.15) is 56.2 Å². The average molecular weight is 1700 g/mol. The summed E-state index contributed by atoms with van der Waals surface area (Å²) in [5.41, 5.74) is 25.0. The van der Waals surface area contributed by atoms with Gasteiger partial charge in [-0.2, -0.15) is 0 Å². The summed E-state index contributed by atoms with van der Waals surface area (Å²) >= 11 is 0. The first kappa shape index (κ1) is 96.4. The van der Waals surface area contributed by atoms with Gasteiger partial charge in [0, 0.05) is 67.7 Å². The lowest BCUT2D eigenvalue weighted by Crippen LogP contribution is -2.32. The minimum Gasteiger partial charge on any atom is -0.508 e. The number of fused-ring (bicyclic) bond motifs is 5. The molecule has 123 heavy (non-hydrogen) atoms. The highest BCUT2D eigenvalue weighted by Gasteiger charge is 2.33. The Labute approximate surface area is 701 Å². The number of benzene rings is 10. The summed E-state index contributed by atoms with van der Waals surface area (Å²) in [5.74, 6) is -6.95. The van der Waals surface area contributed by atoms with Gasteiger partial charge in [-0.05, 0) is 210 Å². The zero-order valence-electron chi connectivity index (χ0n) is 65.8. The van der Waals surface area contributed by atoms with Crippen molar-refractivity contribution >= 4 is 64.1 Å². The Bertz CT molecular complexity index is 5400. The van der Waals surface area contributed by atoms with Gasteiger partial charge in [0.05, 0.1) is 17.6 Å². The Balaban J connectivity index is 0.000000212. The van der Waals surface area contributed by atoms with E-state index in [1.165, 1.54) is 109 Å². The van der Waals surface area contributed by atoms with E-state index in [1.807, 2.05) is 24.3 Å². The zero-order chi connectivity index (χ0) is 91.2. The quantitative estimate of drug-likeness (QED) is 0.0234. The van der Waals surface area contributed by atoms with Crippen molar-refractivity contribution in [3.63, 3.8) is 0 Å². The van der Waals surface area contributed by atoms with Gasteiger partial charge in [0.15, 0.2) is 80.5 Å². The van der Waals surface area contributed by atoms with Crippen LogP contribution < -0.4 is 27.8 Å². The molecular formula is C88H94N6O29. The van der Waals surface area contributed by atoms with Crippen LogP contribution in [-0.4, -0.2) is 216 Å². The molecule has 3 aliphatic carbocycles. The number of hydrogen-bond donors (Lipinski definition) is 28. The number of anilines is 1. The average Bonchev–Trinajstić information content (AvgIpc) is 1.64. The molecule has 0 amide bonds. The van der Waals surface area contributed by atoms with E-state index in [9.17, 15) is 69.6 Å². The van der Waals surface area contributed by atoms with Gasteiger partial charge in [-0.3, -0.25) is 19.2 Å². The number of aromatic hydroxyl groups is 17. The van der Waals surface area contributed by atoms with E-state index in [1.54, 1.807) is 91.8 Å². The van der Waals surface area contributed by atoms with Crippen LogP contribution in [0.5, 0.6) is 97.7 Å². The molecule has 1 fully saturated rings. The lowest BCUT2D eigenvalue weighted by molar-refractivity contribution is -0.139. The number of likely N-dealkylation sites (N-methyl/N-ethyl adjacent to an activating group) is 2. The van der Waals surface area contributed by atoms with Crippen molar-refractivity contribution in [3.8, 4) is 97.7 Å². The number of β-amino-alcohol motifs (C(OH)–C–C–N with tert-alkyl or cyclic N) is 1. The van der Waals surface area contributed by atoms with Gasteiger partial charge in [-0.25, -0.2) is 9.59 Å². The minimum absolute atomic E-state index is 0.0348. The molecule has 5 aliphatic rings. The number of carbonyl (C=O) groups is 6. The Morgan fingerprint density at radius 2 is 0.951 bits per heavy atom. The molecule has 35 heteroatoms. The van der Waals surface area contributed by atoms with Crippen LogP contribution in [0.2, 0.25) is 0 Å². The number of aliphatic carboxylic acids is 4. The fourth-order valence-corrected chi connectivity index (χ4v) is 11.7. The molecule has 0 bridgehead atoms. The number of nitrogens with two attached hydrogens (primary N) is 3. The number of carbonyl (C=O) groups excluding carboxylic acids is 2. The third-order valence-corrected chi connectivity index (χ3v) is 18.2. The van der Waals surface area contributed by atoms with Crippen LogP contribution in [0.25, 0.3) is 22.9 Å². The van der Waals surface area contributed by atoms with Gasteiger partial charge < -0.3 is 150 Å². The molecule has 2 heterocycles. The number of aliphatic hydroxyl groups excluding tert-OH is 2. The summed E-state index contributed by atoms with van der Waals surface area (Å²) < 4.78 is 0. The van der Waals surface area contributed by atoms with E-state index in [4.69, 9.17) is 93.8 Å². The van der Waals surface area contributed by atoms with E-state index in [0.29, 0.717) is 83.5 Å². The van der Waals surface area contributed by atoms with Crippen LogP contribution in [0.15, 0.2) is 211 Å². The summed E-state index contributed by atoms with van der Waals surface area (Å²) in [6.07, 6.45) is 9.20. The molecular weight excluding hydrogens is 1600 g/mol.